The van der Waals surface area contributed by atoms with Crippen LogP contribution in [0.3, 0.4) is 0 Å². The zero-order valence-electron chi connectivity index (χ0n) is 12.0. The summed E-state index contributed by atoms with van der Waals surface area (Å²) in [5.74, 6) is -1.89. The van der Waals surface area contributed by atoms with Crippen LogP contribution in [0.5, 0.6) is 0 Å². The summed E-state index contributed by atoms with van der Waals surface area (Å²) in [7, 11) is 0. The minimum Gasteiger partial charge on any atom is -0.318 e. The van der Waals surface area contributed by atoms with E-state index in [1.54, 1.807) is 25.1 Å². The normalized spacial score (nSPS) is 10.0. The van der Waals surface area contributed by atoms with Crippen LogP contribution in [0.4, 0.5) is 17.1 Å². The number of nitro benzene ring substituents is 1. The van der Waals surface area contributed by atoms with Crippen LogP contribution in [0.2, 0.25) is 0 Å². The third-order valence-electron chi connectivity index (χ3n) is 2.99. The SMILES string of the molecule is Cc1cc(Br)ccc1NC(=O)C(=O)Nc1ccccc1[N+](=O)[O-]. The number of para-hydroxylation sites is 2. The number of amides is 2. The van der Waals surface area contributed by atoms with Crippen LogP contribution < -0.4 is 10.6 Å². The minimum absolute atomic E-state index is 0.0369. The number of nitrogens with zero attached hydrogens (tertiary/aromatic N) is 1. The molecule has 2 rings (SSSR count). The number of anilines is 2. The number of hydrogen-bond donors (Lipinski definition) is 2. The summed E-state index contributed by atoms with van der Waals surface area (Å²) >= 11 is 3.30. The molecule has 0 spiro atoms. The minimum atomic E-state index is -0.985. The largest absolute Gasteiger partial charge is 0.318 e. The molecule has 0 aliphatic heterocycles. The Morgan fingerprint density at radius 1 is 1.04 bits per heavy atom. The molecule has 0 aromatic heterocycles. The van der Waals surface area contributed by atoms with Crippen molar-refractivity contribution in [2.45, 2.75) is 6.92 Å². The van der Waals surface area contributed by atoms with E-state index in [4.69, 9.17) is 0 Å². The highest BCUT2D eigenvalue weighted by Crippen LogP contribution is 2.23. The lowest BCUT2D eigenvalue weighted by Gasteiger charge is -2.09. The van der Waals surface area contributed by atoms with Gasteiger partial charge in [-0.05, 0) is 36.8 Å². The number of carbonyl (C=O) groups is 2. The second kappa shape index (κ2) is 7.01. The molecule has 0 aliphatic carbocycles. The van der Waals surface area contributed by atoms with Gasteiger partial charge in [-0.2, -0.15) is 0 Å². The fourth-order valence-electron chi connectivity index (χ4n) is 1.86. The molecule has 0 heterocycles. The van der Waals surface area contributed by atoms with E-state index >= 15 is 0 Å². The summed E-state index contributed by atoms with van der Waals surface area (Å²) in [6.45, 7) is 1.78. The van der Waals surface area contributed by atoms with Gasteiger partial charge < -0.3 is 10.6 Å². The maximum atomic E-state index is 11.9. The Labute approximate surface area is 140 Å². The van der Waals surface area contributed by atoms with E-state index in [2.05, 4.69) is 26.6 Å². The number of hydrogen-bond acceptors (Lipinski definition) is 4. The highest BCUT2D eigenvalue weighted by molar-refractivity contribution is 9.10. The first-order chi connectivity index (χ1) is 10.9. The Morgan fingerprint density at radius 2 is 1.65 bits per heavy atom. The van der Waals surface area contributed by atoms with Gasteiger partial charge >= 0.3 is 11.8 Å². The predicted molar refractivity (Wildman–Crippen MR) is 89.2 cm³/mol. The number of nitrogens with one attached hydrogen (secondary N) is 2. The molecule has 0 saturated carbocycles. The molecule has 2 aromatic carbocycles. The number of benzene rings is 2. The standard InChI is InChI=1S/C15H12BrN3O4/c1-9-8-10(16)6-7-11(9)17-14(20)15(21)18-12-4-2-3-5-13(12)19(22)23/h2-8H,1H3,(H,17,20)(H,18,21). The molecule has 2 aromatic rings. The maximum Gasteiger partial charge on any atom is 0.314 e. The van der Waals surface area contributed by atoms with Gasteiger partial charge in [-0.3, -0.25) is 19.7 Å². The highest BCUT2D eigenvalue weighted by Gasteiger charge is 2.20. The summed E-state index contributed by atoms with van der Waals surface area (Å²) in [6.07, 6.45) is 0. The van der Waals surface area contributed by atoms with Crippen molar-refractivity contribution in [3.05, 3.63) is 62.6 Å². The van der Waals surface area contributed by atoms with E-state index in [0.29, 0.717) is 5.69 Å². The third-order valence-corrected chi connectivity index (χ3v) is 3.49. The zero-order chi connectivity index (χ0) is 17.0. The second-order valence-electron chi connectivity index (χ2n) is 4.64. The Kier molecular flexibility index (Phi) is 5.07. The smallest absolute Gasteiger partial charge is 0.314 e. The van der Waals surface area contributed by atoms with E-state index in [1.807, 2.05) is 0 Å². The summed E-state index contributed by atoms with van der Waals surface area (Å²) in [5, 5.41) is 15.6. The van der Waals surface area contributed by atoms with Crippen LogP contribution in [-0.4, -0.2) is 16.7 Å². The Balaban J connectivity index is 2.12. The van der Waals surface area contributed by atoms with Crippen molar-refractivity contribution in [2.24, 2.45) is 0 Å². The molecular formula is C15H12BrN3O4. The summed E-state index contributed by atoms with van der Waals surface area (Å²) in [4.78, 5) is 34.1. The van der Waals surface area contributed by atoms with Gasteiger partial charge in [-0.15, -0.1) is 0 Å². The molecular weight excluding hydrogens is 366 g/mol. The fourth-order valence-corrected chi connectivity index (χ4v) is 2.34. The van der Waals surface area contributed by atoms with Crippen molar-refractivity contribution in [1.29, 1.82) is 0 Å². The lowest BCUT2D eigenvalue weighted by atomic mass is 10.2. The zero-order valence-corrected chi connectivity index (χ0v) is 13.6. The molecule has 2 amide bonds. The molecule has 2 N–H and O–H groups in total. The summed E-state index contributed by atoms with van der Waals surface area (Å²) < 4.78 is 0.845. The fraction of sp³-hybridized carbons (Fsp3) is 0.0667. The van der Waals surface area contributed by atoms with Gasteiger partial charge in [0.15, 0.2) is 0 Å². The van der Waals surface area contributed by atoms with Gasteiger partial charge in [0.25, 0.3) is 5.69 Å². The van der Waals surface area contributed by atoms with Crippen LogP contribution in [0, 0.1) is 17.0 Å². The molecule has 0 bridgehead atoms. The van der Waals surface area contributed by atoms with E-state index in [1.165, 1.54) is 24.3 Å². The first kappa shape index (κ1) is 16.6. The second-order valence-corrected chi connectivity index (χ2v) is 5.56. The first-order valence-corrected chi connectivity index (χ1v) is 7.29. The first-order valence-electron chi connectivity index (χ1n) is 6.50. The van der Waals surface area contributed by atoms with Gasteiger partial charge in [0.1, 0.15) is 5.69 Å². The number of aryl methyl sites for hydroxylation is 1. The van der Waals surface area contributed by atoms with Crippen molar-refractivity contribution in [3.8, 4) is 0 Å². The molecule has 0 aliphatic rings. The maximum absolute atomic E-state index is 11.9. The molecule has 8 heteroatoms. The monoisotopic (exact) mass is 377 g/mol. The van der Waals surface area contributed by atoms with Crippen molar-refractivity contribution in [3.63, 3.8) is 0 Å². The molecule has 0 unspecified atom stereocenters. The topological polar surface area (TPSA) is 101 Å². The van der Waals surface area contributed by atoms with Crippen molar-refractivity contribution in [2.75, 3.05) is 10.6 Å². The predicted octanol–water partition coefficient (Wildman–Crippen LogP) is 3.24. The highest BCUT2D eigenvalue weighted by atomic mass is 79.9. The number of rotatable bonds is 3. The lowest BCUT2D eigenvalue weighted by molar-refractivity contribution is -0.383. The number of halogens is 1. The van der Waals surface area contributed by atoms with Gasteiger partial charge in [0.05, 0.1) is 4.92 Å². The van der Waals surface area contributed by atoms with E-state index < -0.39 is 16.7 Å². The molecule has 0 atom stereocenters. The average Bonchev–Trinajstić information content (AvgIpc) is 2.50. The Bertz CT molecular complexity index is 792. The van der Waals surface area contributed by atoms with Crippen LogP contribution in [0.25, 0.3) is 0 Å². The van der Waals surface area contributed by atoms with Gasteiger partial charge in [0.2, 0.25) is 0 Å². The molecule has 0 radical (unpaired) electrons. The summed E-state index contributed by atoms with van der Waals surface area (Å²) in [6, 6.07) is 10.8. The Morgan fingerprint density at radius 3 is 2.26 bits per heavy atom. The van der Waals surface area contributed by atoms with Crippen molar-refractivity contribution in [1.82, 2.24) is 0 Å². The molecule has 23 heavy (non-hydrogen) atoms. The third kappa shape index (κ3) is 4.13. The molecule has 7 nitrogen and oxygen atoms in total. The quantitative estimate of drug-likeness (QED) is 0.486. The van der Waals surface area contributed by atoms with Crippen LogP contribution in [-0.2, 0) is 9.59 Å². The molecule has 0 saturated heterocycles. The number of carbonyl (C=O) groups excluding carboxylic acids is 2. The lowest BCUT2D eigenvalue weighted by Crippen LogP contribution is -2.29. The van der Waals surface area contributed by atoms with Gasteiger partial charge in [-0.25, -0.2) is 0 Å². The molecule has 0 fully saturated rings. The van der Waals surface area contributed by atoms with Crippen LogP contribution in [0.15, 0.2) is 46.9 Å². The van der Waals surface area contributed by atoms with E-state index in [0.717, 1.165) is 10.0 Å². The van der Waals surface area contributed by atoms with E-state index in [9.17, 15) is 19.7 Å². The molecule has 118 valence electrons. The van der Waals surface area contributed by atoms with Crippen LogP contribution in [0.1, 0.15) is 5.56 Å². The van der Waals surface area contributed by atoms with E-state index in [-0.39, 0.29) is 11.4 Å². The average molecular weight is 378 g/mol. The Hall–Kier alpha value is -2.74. The van der Waals surface area contributed by atoms with Gasteiger partial charge in [0, 0.05) is 16.2 Å². The van der Waals surface area contributed by atoms with Crippen LogP contribution >= 0.6 is 15.9 Å². The van der Waals surface area contributed by atoms with Crippen molar-refractivity contribution < 1.29 is 14.5 Å². The number of nitro groups is 1. The summed E-state index contributed by atoms with van der Waals surface area (Å²) in [5.41, 5.74) is 0.931. The van der Waals surface area contributed by atoms with Crippen molar-refractivity contribution >= 4 is 44.8 Å². The van der Waals surface area contributed by atoms with Gasteiger partial charge in [-0.1, -0.05) is 28.1 Å².